The molecule has 0 heterocycles. The lowest BCUT2D eigenvalue weighted by Crippen LogP contribution is -2.39. The topological polar surface area (TPSA) is 29.3 Å². The second kappa shape index (κ2) is 7.21. The first kappa shape index (κ1) is 16.7. The first-order valence-electron chi connectivity index (χ1n) is 6.19. The molecule has 0 radical (unpaired) electrons. The van der Waals surface area contributed by atoms with Gasteiger partial charge < -0.3 is 10.6 Å². The SMILES string of the molecule is CCCN(CCCC(F)(F)F)CC(C)(C)CN. The van der Waals surface area contributed by atoms with E-state index < -0.39 is 12.6 Å². The highest BCUT2D eigenvalue weighted by molar-refractivity contribution is 4.74. The van der Waals surface area contributed by atoms with E-state index in [1.165, 1.54) is 0 Å². The zero-order valence-corrected chi connectivity index (χ0v) is 11.1. The predicted octanol–water partition coefficient (Wildman–Crippen LogP) is 3.03. The Balaban J connectivity index is 4.07. The molecule has 0 fully saturated rings. The average molecular weight is 254 g/mol. The first-order chi connectivity index (χ1) is 7.70. The molecule has 0 amide bonds. The molecule has 104 valence electrons. The van der Waals surface area contributed by atoms with Gasteiger partial charge in [0.15, 0.2) is 0 Å². The van der Waals surface area contributed by atoms with Crippen LogP contribution in [0.15, 0.2) is 0 Å². The number of hydrogen-bond acceptors (Lipinski definition) is 2. The Morgan fingerprint density at radius 3 is 2.12 bits per heavy atom. The molecule has 0 rings (SSSR count). The van der Waals surface area contributed by atoms with E-state index in [-0.39, 0.29) is 11.8 Å². The van der Waals surface area contributed by atoms with Crippen LogP contribution in [-0.4, -0.2) is 37.3 Å². The van der Waals surface area contributed by atoms with Crippen molar-refractivity contribution in [1.29, 1.82) is 0 Å². The minimum atomic E-state index is -4.04. The molecule has 5 heteroatoms. The van der Waals surface area contributed by atoms with Crippen LogP contribution in [0.3, 0.4) is 0 Å². The van der Waals surface area contributed by atoms with E-state index in [0.717, 1.165) is 19.5 Å². The van der Waals surface area contributed by atoms with Crippen molar-refractivity contribution in [2.24, 2.45) is 11.1 Å². The highest BCUT2D eigenvalue weighted by atomic mass is 19.4. The van der Waals surface area contributed by atoms with Crippen LogP contribution in [0.2, 0.25) is 0 Å². The lowest BCUT2D eigenvalue weighted by molar-refractivity contribution is -0.136. The van der Waals surface area contributed by atoms with Crippen LogP contribution in [0.5, 0.6) is 0 Å². The molecular formula is C12H25F3N2. The van der Waals surface area contributed by atoms with Gasteiger partial charge in [0.2, 0.25) is 0 Å². The van der Waals surface area contributed by atoms with Crippen LogP contribution in [0.4, 0.5) is 13.2 Å². The third-order valence-electron chi connectivity index (χ3n) is 2.68. The van der Waals surface area contributed by atoms with Gasteiger partial charge in [-0.15, -0.1) is 0 Å². The maximum Gasteiger partial charge on any atom is 0.389 e. The summed E-state index contributed by atoms with van der Waals surface area (Å²) in [5.41, 5.74) is 5.61. The van der Waals surface area contributed by atoms with Gasteiger partial charge >= 0.3 is 6.18 Å². The summed E-state index contributed by atoms with van der Waals surface area (Å²) in [4.78, 5) is 2.08. The van der Waals surface area contributed by atoms with Crippen LogP contribution in [0.1, 0.15) is 40.0 Å². The highest BCUT2D eigenvalue weighted by Crippen LogP contribution is 2.22. The van der Waals surface area contributed by atoms with Crippen LogP contribution in [0.25, 0.3) is 0 Å². The fraction of sp³-hybridized carbons (Fsp3) is 1.00. The smallest absolute Gasteiger partial charge is 0.330 e. The Kier molecular flexibility index (Phi) is 7.09. The average Bonchev–Trinajstić information content (AvgIpc) is 2.15. The molecule has 0 aliphatic rings. The maximum atomic E-state index is 12.1. The van der Waals surface area contributed by atoms with E-state index in [4.69, 9.17) is 5.73 Å². The third-order valence-corrected chi connectivity index (χ3v) is 2.68. The minimum Gasteiger partial charge on any atom is -0.330 e. The number of hydrogen-bond donors (Lipinski definition) is 1. The van der Waals surface area contributed by atoms with Crippen molar-refractivity contribution in [1.82, 2.24) is 4.90 Å². The van der Waals surface area contributed by atoms with Gasteiger partial charge in [-0.2, -0.15) is 13.2 Å². The molecule has 0 saturated heterocycles. The normalized spacial score (nSPS) is 13.4. The van der Waals surface area contributed by atoms with Crippen molar-refractivity contribution in [3.63, 3.8) is 0 Å². The highest BCUT2D eigenvalue weighted by Gasteiger charge is 2.27. The molecule has 0 bridgehead atoms. The monoisotopic (exact) mass is 254 g/mol. The number of rotatable bonds is 8. The van der Waals surface area contributed by atoms with Crippen LogP contribution >= 0.6 is 0 Å². The second-order valence-corrected chi connectivity index (χ2v) is 5.36. The Morgan fingerprint density at radius 1 is 1.12 bits per heavy atom. The zero-order valence-electron chi connectivity index (χ0n) is 11.1. The second-order valence-electron chi connectivity index (χ2n) is 5.36. The van der Waals surface area contributed by atoms with E-state index in [1.54, 1.807) is 0 Å². The van der Waals surface area contributed by atoms with Crippen molar-refractivity contribution >= 4 is 0 Å². The van der Waals surface area contributed by atoms with E-state index in [9.17, 15) is 13.2 Å². The van der Waals surface area contributed by atoms with Crippen molar-refractivity contribution < 1.29 is 13.2 Å². The van der Waals surface area contributed by atoms with Gasteiger partial charge in [-0.1, -0.05) is 20.8 Å². The zero-order chi connectivity index (χ0) is 13.5. The molecule has 2 nitrogen and oxygen atoms in total. The van der Waals surface area contributed by atoms with Crippen LogP contribution < -0.4 is 5.73 Å². The van der Waals surface area contributed by atoms with E-state index >= 15 is 0 Å². The van der Waals surface area contributed by atoms with Gasteiger partial charge in [0.05, 0.1) is 0 Å². The molecule has 0 aliphatic heterocycles. The van der Waals surface area contributed by atoms with E-state index in [1.807, 2.05) is 20.8 Å². The van der Waals surface area contributed by atoms with Gasteiger partial charge in [-0.05, 0) is 37.9 Å². The van der Waals surface area contributed by atoms with E-state index in [2.05, 4.69) is 4.90 Å². The maximum absolute atomic E-state index is 12.1. The van der Waals surface area contributed by atoms with Crippen molar-refractivity contribution in [3.05, 3.63) is 0 Å². The molecule has 2 N–H and O–H groups in total. The fourth-order valence-electron chi connectivity index (χ4n) is 1.76. The van der Waals surface area contributed by atoms with Gasteiger partial charge in [0.1, 0.15) is 0 Å². The molecule has 0 spiro atoms. The van der Waals surface area contributed by atoms with Crippen LogP contribution in [-0.2, 0) is 0 Å². The quantitative estimate of drug-likeness (QED) is 0.721. The Morgan fingerprint density at radius 2 is 1.71 bits per heavy atom. The number of nitrogens with zero attached hydrogens (tertiary/aromatic N) is 1. The first-order valence-corrected chi connectivity index (χ1v) is 6.19. The summed E-state index contributed by atoms with van der Waals surface area (Å²) < 4.78 is 36.2. The molecule has 0 atom stereocenters. The molecule has 17 heavy (non-hydrogen) atoms. The summed E-state index contributed by atoms with van der Waals surface area (Å²) in [5, 5.41) is 0. The minimum absolute atomic E-state index is 0.0343. The summed E-state index contributed by atoms with van der Waals surface area (Å²) >= 11 is 0. The molecule has 0 aromatic rings. The lowest BCUT2D eigenvalue weighted by atomic mass is 9.93. The number of nitrogens with two attached hydrogens (primary N) is 1. The molecule has 0 aliphatic carbocycles. The Bertz CT molecular complexity index is 202. The van der Waals surface area contributed by atoms with E-state index in [0.29, 0.717) is 13.1 Å². The summed E-state index contributed by atoms with van der Waals surface area (Å²) in [6, 6.07) is 0. The molecule has 0 aromatic carbocycles. The number of halogens is 3. The van der Waals surface area contributed by atoms with Gasteiger partial charge in [-0.25, -0.2) is 0 Å². The summed E-state index contributed by atoms with van der Waals surface area (Å²) in [6.45, 7) is 8.75. The fourth-order valence-corrected chi connectivity index (χ4v) is 1.76. The van der Waals surface area contributed by atoms with Crippen molar-refractivity contribution in [2.45, 2.75) is 46.2 Å². The van der Waals surface area contributed by atoms with Gasteiger partial charge in [0, 0.05) is 13.0 Å². The van der Waals surface area contributed by atoms with Crippen molar-refractivity contribution in [2.75, 3.05) is 26.2 Å². The Labute approximate surface area is 102 Å². The third kappa shape index (κ3) is 9.41. The standard InChI is InChI=1S/C12H25F3N2/c1-4-7-17(10-11(2,3)9-16)8-5-6-12(13,14)15/h4-10,16H2,1-3H3. The van der Waals surface area contributed by atoms with Crippen LogP contribution in [0, 0.1) is 5.41 Å². The lowest BCUT2D eigenvalue weighted by Gasteiger charge is -2.31. The van der Waals surface area contributed by atoms with Gasteiger partial charge in [-0.3, -0.25) is 0 Å². The molecule has 0 unspecified atom stereocenters. The summed E-state index contributed by atoms with van der Waals surface area (Å²) in [6.07, 6.45) is -3.62. The molecular weight excluding hydrogens is 229 g/mol. The summed E-state index contributed by atoms with van der Waals surface area (Å²) in [5.74, 6) is 0. The molecule has 0 aromatic heterocycles. The summed E-state index contributed by atoms with van der Waals surface area (Å²) in [7, 11) is 0. The van der Waals surface area contributed by atoms with Gasteiger partial charge in [0.25, 0.3) is 0 Å². The molecule has 0 saturated carbocycles. The number of alkyl halides is 3. The predicted molar refractivity (Wildman–Crippen MR) is 64.9 cm³/mol. The Hall–Kier alpha value is -0.290. The largest absolute Gasteiger partial charge is 0.389 e. The van der Waals surface area contributed by atoms with Crippen molar-refractivity contribution in [3.8, 4) is 0 Å².